The van der Waals surface area contributed by atoms with E-state index in [4.69, 9.17) is 0 Å². The summed E-state index contributed by atoms with van der Waals surface area (Å²) in [4.78, 5) is 0. The van der Waals surface area contributed by atoms with Crippen LogP contribution in [-0.2, 0) is 19.0 Å². The molecule has 4 aromatic carbocycles. The predicted octanol–water partition coefficient (Wildman–Crippen LogP) is 9.36. The molecule has 0 aliphatic rings. The third-order valence-corrected chi connectivity index (χ3v) is 6.13. The summed E-state index contributed by atoms with van der Waals surface area (Å²) in [6.07, 6.45) is -8.13. The maximum atomic E-state index is 14.7. The van der Waals surface area contributed by atoms with Crippen molar-refractivity contribution in [3.63, 3.8) is 0 Å². The molecular formula is C29H20F10O2. The number of hydrogen-bond donors (Lipinski definition) is 0. The van der Waals surface area contributed by atoms with Crippen molar-refractivity contribution in [3.8, 4) is 11.5 Å². The van der Waals surface area contributed by atoms with E-state index in [0.29, 0.717) is 23.8 Å². The van der Waals surface area contributed by atoms with Gasteiger partial charge in [-0.1, -0.05) is 37.6 Å². The molecule has 0 bridgehead atoms. The van der Waals surface area contributed by atoms with Gasteiger partial charge in [-0.15, -0.1) is 0 Å². The quantitative estimate of drug-likeness (QED) is 0.135. The number of fused-ring (bicyclic) bond motifs is 1. The molecule has 0 saturated carbocycles. The Morgan fingerprint density at radius 2 is 1.27 bits per heavy atom. The summed E-state index contributed by atoms with van der Waals surface area (Å²) in [5, 5.41) is -1.77. The SMILES string of the molecule is CCCc1ccc(CCC(F)(F)Oc2ccc(C(F)(F)Oc3cc(F)c4c(F)c(F)c(F)cc4c3)c(F)c2F)cc1. The van der Waals surface area contributed by atoms with Gasteiger partial charge < -0.3 is 9.47 Å². The van der Waals surface area contributed by atoms with Crippen LogP contribution in [0.1, 0.15) is 36.5 Å². The summed E-state index contributed by atoms with van der Waals surface area (Å²) in [6, 6.07) is 8.43. The molecule has 0 unspecified atom stereocenters. The molecule has 0 radical (unpaired) electrons. The maximum Gasteiger partial charge on any atom is 0.429 e. The van der Waals surface area contributed by atoms with Crippen molar-refractivity contribution in [3.05, 3.63) is 106 Å². The van der Waals surface area contributed by atoms with Crippen LogP contribution in [0.2, 0.25) is 0 Å². The molecule has 0 aliphatic carbocycles. The Hall–Kier alpha value is -3.96. The van der Waals surface area contributed by atoms with Crippen molar-refractivity contribution in [1.82, 2.24) is 0 Å². The van der Waals surface area contributed by atoms with Crippen molar-refractivity contribution in [2.24, 2.45) is 0 Å². The third-order valence-electron chi connectivity index (χ3n) is 6.13. The van der Waals surface area contributed by atoms with E-state index in [2.05, 4.69) is 9.47 Å². The van der Waals surface area contributed by atoms with Crippen LogP contribution in [0.5, 0.6) is 11.5 Å². The van der Waals surface area contributed by atoms with Gasteiger partial charge in [-0.3, -0.25) is 0 Å². The Morgan fingerprint density at radius 1 is 0.634 bits per heavy atom. The van der Waals surface area contributed by atoms with E-state index in [0.717, 1.165) is 18.4 Å². The first kappa shape index (κ1) is 30.0. The zero-order valence-corrected chi connectivity index (χ0v) is 21.1. The summed E-state index contributed by atoms with van der Waals surface area (Å²) in [7, 11) is 0. The Kier molecular flexibility index (Phi) is 8.41. The van der Waals surface area contributed by atoms with Crippen LogP contribution in [-0.4, -0.2) is 6.11 Å². The van der Waals surface area contributed by atoms with Gasteiger partial charge in [0, 0.05) is 6.07 Å². The number of rotatable bonds is 10. The van der Waals surface area contributed by atoms with Gasteiger partial charge in [0.25, 0.3) is 0 Å². The fourth-order valence-electron chi connectivity index (χ4n) is 4.12. The zero-order chi connectivity index (χ0) is 30.1. The molecule has 0 atom stereocenters. The molecule has 0 aromatic heterocycles. The van der Waals surface area contributed by atoms with Crippen molar-refractivity contribution in [2.45, 2.75) is 44.8 Å². The Labute approximate surface area is 227 Å². The monoisotopic (exact) mass is 590 g/mol. The number of ether oxygens (including phenoxy) is 2. The van der Waals surface area contributed by atoms with E-state index in [1.807, 2.05) is 6.92 Å². The van der Waals surface area contributed by atoms with Gasteiger partial charge in [0.15, 0.2) is 29.0 Å². The van der Waals surface area contributed by atoms with E-state index < -0.39 is 81.4 Å². The van der Waals surface area contributed by atoms with Crippen LogP contribution in [0.15, 0.2) is 54.6 Å². The minimum Gasteiger partial charge on any atom is -0.429 e. The molecule has 0 amide bonds. The molecule has 0 spiro atoms. The lowest BCUT2D eigenvalue weighted by Crippen LogP contribution is -2.27. The molecule has 2 nitrogen and oxygen atoms in total. The van der Waals surface area contributed by atoms with Crippen LogP contribution < -0.4 is 9.47 Å². The number of halogens is 10. The topological polar surface area (TPSA) is 18.5 Å². The van der Waals surface area contributed by atoms with Crippen LogP contribution in [0, 0.1) is 34.9 Å². The highest BCUT2D eigenvalue weighted by atomic mass is 19.3. The minimum absolute atomic E-state index is 0.184. The highest BCUT2D eigenvalue weighted by Crippen LogP contribution is 2.39. The summed E-state index contributed by atoms with van der Waals surface area (Å²) in [5.74, 6) is -14.2. The molecule has 0 aliphatic heterocycles. The normalized spacial score (nSPS) is 12.2. The van der Waals surface area contributed by atoms with Crippen LogP contribution >= 0.6 is 0 Å². The standard InChI is InChI=1S/C29H20F10O2/c1-2-3-15-4-6-16(7-5-15)10-11-28(36,37)41-22-9-8-19(24(32)26(22)34)29(38,39)40-18-12-17-13-21(31)25(33)27(35)23(17)20(30)14-18/h4-9,12-14H,2-3,10-11H2,1H3. The van der Waals surface area contributed by atoms with Crippen LogP contribution in [0.25, 0.3) is 10.8 Å². The number of hydrogen-bond acceptors (Lipinski definition) is 2. The average molecular weight is 590 g/mol. The smallest absolute Gasteiger partial charge is 0.429 e. The zero-order valence-electron chi connectivity index (χ0n) is 21.1. The first-order valence-corrected chi connectivity index (χ1v) is 12.2. The predicted molar refractivity (Wildman–Crippen MR) is 129 cm³/mol. The summed E-state index contributed by atoms with van der Waals surface area (Å²) < 4.78 is 151. The Bertz CT molecular complexity index is 1570. The second-order valence-corrected chi connectivity index (χ2v) is 9.15. The van der Waals surface area contributed by atoms with Gasteiger partial charge in [0.2, 0.25) is 5.82 Å². The van der Waals surface area contributed by atoms with Crippen molar-refractivity contribution in [2.75, 3.05) is 0 Å². The average Bonchev–Trinajstić information content (AvgIpc) is 2.89. The van der Waals surface area contributed by atoms with Crippen LogP contribution in [0.4, 0.5) is 43.9 Å². The fraction of sp³-hybridized carbons (Fsp3) is 0.241. The first-order chi connectivity index (χ1) is 19.2. The fourth-order valence-corrected chi connectivity index (χ4v) is 4.12. The molecule has 4 rings (SSSR count). The molecule has 0 N–H and O–H groups in total. The molecule has 0 heterocycles. The molecule has 0 fully saturated rings. The van der Waals surface area contributed by atoms with Crippen molar-refractivity contribution >= 4 is 10.8 Å². The van der Waals surface area contributed by atoms with Crippen molar-refractivity contribution in [1.29, 1.82) is 0 Å². The largest absolute Gasteiger partial charge is 0.429 e. The van der Waals surface area contributed by atoms with Gasteiger partial charge in [-0.25, -0.2) is 22.0 Å². The van der Waals surface area contributed by atoms with E-state index in [9.17, 15) is 43.9 Å². The van der Waals surface area contributed by atoms with E-state index >= 15 is 0 Å². The lowest BCUT2D eigenvalue weighted by Gasteiger charge is -2.22. The van der Waals surface area contributed by atoms with E-state index in [1.54, 1.807) is 24.3 Å². The van der Waals surface area contributed by atoms with Gasteiger partial charge >= 0.3 is 12.2 Å². The Morgan fingerprint density at radius 3 is 1.90 bits per heavy atom. The highest BCUT2D eigenvalue weighted by Gasteiger charge is 2.41. The second kappa shape index (κ2) is 11.5. The number of aryl methyl sites for hydroxylation is 2. The summed E-state index contributed by atoms with van der Waals surface area (Å²) >= 11 is 0. The summed E-state index contributed by atoms with van der Waals surface area (Å²) in [6.45, 7) is 1.98. The van der Waals surface area contributed by atoms with Gasteiger partial charge in [-0.05, 0) is 53.6 Å². The van der Waals surface area contributed by atoms with E-state index in [1.165, 1.54) is 0 Å². The Balaban J connectivity index is 1.51. The van der Waals surface area contributed by atoms with Crippen LogP contribution in [0.3, 0.4) is 0 Å². The number of alkyl halides is 4. The molecule has 0 saturated heterocycles. The lowest BCUT2D eigenvalue weighted by molar-refractivity contribution is -0.188. The molecular weight excluding hydrogens is 570 g/mol. The highest BCUT2D eigenvalue weighted by molar-refractivity contribution is 5.85. The molecule has 4 aromatic rings. The maximum absolute atomic E-state index is 14.7. The molecule has 12 heteroatoms. The number of benzene rings is 4. The van der Waals surface area contributed by atoms with Gasteiger partial charge in [0.05, 0.1) is 11.8 Å². The van der Waals surface area contributed by atoms with Gasteiger partial charge in [-0.2, -0.15) is 22.0 Å². The second-order valence-electron chi connectivity index (χ2n) is 9.15. The first-order valence-electron chi connectivity index (χ1n) is 12.2. The third kappa shape index (κ3) is 6.52. The summed E-state index contributed by atoms with van der Waals surface area (Å²) in [5.41, 5.74) is -0.218. The molecule has 41 heavy (non-hydrogen) atoms. The minimum atomic E-state index is -4.73. The van der Waals surface area contributed by atoms with Gasteiger partial charge in [0.1, 0.15) is 17.1 Å². The molecule has 218 valence electrons. The lowest BCUT2D eigenvalue weighted by atomic mass is 10.0. The van der Waals surface area contributed by atoms with Crippen molar-refractivity contribution < 1.29 is 53.4 Å². The van der Waals surface area contributed by atoms with E-state index in [-0.39, 0.29) is 18.6 Å².